The van der Waals surface area contributed by atoms with Crippen LogP contribution in [0.2, 0.25) is 0 Å². The van der Waals surface area contributed by atoms with Gasteiger partial charge in [0.25, 0.3) is 0 Å². The van der Waals surface area contributed by atoms with E-state index in [0.717, 1.165) is 24.0 Å². The van der Waals surface area contributed by atoms with Crippen LogP contribution in [0.3, 0.4) is 0 Å². The largest absolute Gasteiger partial charge is 0.478 e. The lowest BCUT2D eigenvalue weighted by Crippen LogP contribution is -2.34. The Kier molecular flexibility index (Phi) is 5.22. The molecule has 2 aromatic rings. The molecule has 0 radical (unpaired) electrons. The van der Waals surface area contributed by atoms with E-state index >= 15 is 0 Å². The lowest BCUT2D eigenvalue weighted by atomic mass is 9.63. The van der Waals surface area contributed by atoms with Crippen LogP contribution >= 0.6 is 11.8 Å². The number of hydrogen-bond donors (Lipinski definition) is 1. The van der Waals surface area contributed by atoms with Crippen molar-refractivity contribution in [3.05, 3.63) is 70.3 Å². The highest BCUT2D eigenvalue weighted by atomic mass is 32.2. The molecule has 0 amide bonds. The number of carbonyl (C=O) groups is 2. The van der Waals surface area contributed by atoms with Crippen molar-refractivity contribution in [2.45, 2.75) is 57.1 Å². The number of carboxylic acids is 1. The zero-order chi connectivity index (χ0) is 19.8. The van der Waals surface area contributed by atoms with Gasteiger partial charge >= 0.3 is 5.97 Å². The molecule has 0 saturated carbocycles. The fourth-order valence-electron chi connectivity index (χ4n) is 3.69. The van der Waals surface area contributed by atoms with Crippen molar-refractivity contribution in [2.75, 3.05) is 0 Å². The molecule has 1 aliphatic carbocycles. The van der Waals surface area contributed by atoms with Gasteiger partial charge in [-0.2, -0.15) is 0 Å². The van der Waals surface area contributed by atoms with Crippen LogP contribution in [0.25, 0.3) is 0 Å². The molecule has 3 nitrogen and oxygen atoms in total. The zero-order valence-corrected chi connectivity index (χ0v) is 17.2. The second-order valence-electron chi connectivity index (χ2n) is 8.61. The summed E-state index contributed by atoms with van der Waals surface area (Å²) in [4.78, 5) is 23.6. The quantitative estimate of drug-likeness (QED) is 0.725. The minimum absolute atomic E-state index is 0.0549. The number of hydrogen-bond acceptors (Lipinski definition) is 3. The van der Waals surface area contributed by atoms with Crippen LogP contribution in [0.5, 0.6) is 0 Å². The lowest BCUT2D eigenvalue weighted by molar-refractivity contribution is 0.0696. The fraction of sp³-hybridized carbons (Fsp3) is 0.391. The summed E-state index contributed by atoms with van der Waals surface area (Å²) in [6, 6.07) is 12.8. The van der Waals surface area contributed by atoms with E-state index in [1.807, 2.05) is 6.07 Å². The predicted molar refractivity (Wildman–Crippen MR) is 111 cm³/mol. The van der Waals surface area contributed by atoms with E-state index in [9.17, 15) is 9.59 Å². The molecule has 1 N–H and O–H groups in total. The van der Waals surface area contributed by atoms with Gasteiger partial charge in [-0.1, -0.05) is 63.7 Å². The standard InChI is InChI=1S/C23H26O3S/c1-22(2)11-12-23(3,4)19-13-17(9-10-18(19)22)21(26)27-14-15-5-7-16(8-6-15)20(24)25/h5-10,13H,11-12,14H2,1-4H3,(H,24,25). The molecule has 2 aromatic carbocycles. The van der Waals surface area contributed by atoms with Gasteiger partial charge in [0.05, 0.1) is 5.56 Å². The number of benzene rings is 2. The Morgan fingerprint density at radius 1 is 0.889 bits per heavy atom. The molecule has 0 spiro atoms. The van der Waals surface area contributed by atoms with E-state index in [1.165, 1.54) is 22.9 Å². The Morgan fingerprint density at radius 2 is 1.44 bits per heavy atom. The maximum Gasteiger partial charge on any atom is 0.335 e. The third-order valence-corrected chi connectivity index (χ3v) is 6.63. The van der Waals surface area contributed by atoms with E-state index in [1.54, 1.807) is 24.3 Å². The van der Waals surface area contributed by atoms with Gasteiger partial charge in [-0.3, -0.25) is 4.79 Å². The third kappa shape index (κ3) is 4.11. The summed E-state index contributed by atoms with van der Waals surface area (Å²) in [5, 5.41) is 9.01. The first-order valence-electron chi connectivity index (χ1n) is 9.24. The van der Waals surface area contributed by atoms with Crippen LogP contribution in [-0.4, -0.2) is 16.2 Å². The molecule has 0 aromatic heterocycles. The maximum absolute atomic E-state index is 12.7. The molecule has 142 valence electrons. The maximum atomic E-state index is 12.7. The molecule has 1 aliphatic rings. The van der Waals surface area contributed by atoms with Gasteiger partial charge in [-0.25, -0.2) is 4.79 Å². The van der Waals surface area contributed by atoms with Gasteiger partial charge in [-0.05, 0) is 58.6 Å². The molecule has 0 saturated heterocycles. The topological polar surface area (TPSA) is 54.4 Å². The minimum atomic E-state index is -0.940. The van der Waals surface area contributed by atoms with Crippen LogP contribution in [0.4, 0.5) is 0 Å². The van der Waals surface area contributed by atoms with Crippen molar-refractivity contribution >= 4 is 22.8 Å². The highest BCUT2D eigenvalue weighted by Crippen LogP contribution is 2.46. The van der Waals surface area contributed by atoms with Crippen molar-refractivity contribution < 1.29 is 14.7 Å². The van der Waals surface area contributed by atoms with Gasteiger partial charge in [0.15, 0.2) is 0 Å². The first kappa shape index (κ1) is 19.7. The van der Waals surface area contributed by atoms with Gasteiger partial charge < -0.3 is 5.11 Å². The summed E-state index contributed by atoms with van der Waals surface area (Å²) in [6.07, 6.45) is 2.27. The van der Waals surface area contributed by atoms with Gasteiger partial charge in [-0.15, -0.1) is 0 Å². The Morgan fingerprint density at radius 3 is 2.04 bits per heavy atom. The molecular weight excluding hydrogens is 356 g/mol. The average molecular weight is 383 g/mol. The van der Waals surface area contributed by atoms with Crippen LogP contribution in [0.15, 0.2) is 42.5 Å². The van der Waals surface area contributed by atoms with E-state index in [2.05, 4.69) is 39.8 Å². The zero-order valence-electron chi connectivity index (χ0n) is 16.3. The number of fused-ring (bicyclic) bond motifs is 1. The van der Waals surface area contributed by atoms with Crippen molar-refractivity contribution in [1.82, 2.24) is 0 Å². The second kappa shape index (κ2) is 7.16. The minimum Gasteiger partial charge on any atom is -0.478 e. The van der Waals surface area contributed by atoms with Gasteiger partial charge in [0.2, 0.25) is 5.12 Å². The lowest BCUT2D eigenvalue weighted by Gasteiger charge is -2.42. The van der Waals surface area contributed by atoms with Crippen molar-refractivity contribution in [2.24, 2.45) is 0 Å². The summed E-state index contributed by atoms with van der Waals surface area (Å²) >= 11 is 1.26. The molecule has 0 heterocycles. The molecule has 0 aliphatic heterocycles. The highest BCUT2D eigenvalue weighted by Gasteiger charge is 2.37. The summed E-state index contributed by atoms with van der Waals surface area (Å²) in [6.45, 7) is 9.06. The van der Waals surface area contributed by atoms with Crippen molar-refractivity contribution in [3.8, 4) is 0 Å². The normalized spacial score (nSPS) is 17.2. The molecule has 0 bridgehead atoms. The molecule has 0 fully saturated rings. The number of carbonyl (C=O) groups excluding carboxylic acids is 1. The number of carboxylic acid groups (broad SMARTS) is 1. The number of rotatable bonds is 4. The molecule has 0 unspecified atom stereocenters. The second-order valence-corrected chi connectivity index (χ2v) is 9.55. The fourth-order valence-corrected chi connectivity index (χ4v) is 4.48. The molecule has 27 heavy (non-hydrogen) atoms. The van der Waals surface area contributed by atoms with Crippen molar-refractivity contribution in [1.29, 1.82) is 0 Å². The molecule has 4 heteroatoms. The Labute approximate surface area is 165 Å². The van der Waals surface area contributed by atoms with E-state index < -0.39 is 5.97 Å². The Bertz CT molecular complexity index is 879. The van der Waals surface area contributed by atoms with Crippen LogP contribution < -0.4 is 0 Å². The monoisotopic (exact) mass is 382 g/mol. The predicted octanol–water partition coefficient (Wildman–Crippen LogP) is 5.81. The summed E-state index contributed by atoms with van der Waals surface area (Å²) in [5.74, 6) is -0.407. The summed E-state index contributed by atoms with van der Waals surface area (Å²) in [7, 11) is 0. The molecular formula is C23H26O3S. The first-order chi connectivity index (χ1) is 12.6. The number of aromatic carboxylic acids is 1. The number of thioether (sulfide) groups is 1. The first-order valence-corrected chi connectivity index (χ1v) is 10.2. The Hall–Kier alpha value is -2.07. The summed E-state index contributed by atoms with van der Waals surface area (Å²) < 4.78 is 0. The van der Waals surface area contributed by atoms with Gasteiger partial charge in [0.1, 0.15) is 0 Å². The third-order valence-electron chi connectivity index (χ3n) is 5.66. The Balaban J connectivity index is 1.77. The van der Waals surface area contributed by atoms with E-state index in [-0.39, 0.29) is 21.5 Å². The van der Waals surface area contributed by atoms with Crippen LogP contribution in [-0.2, 0) is 16.6 Å². The van der Waals surface area contributed by atoms with Gasteiger partial charge in [0, 0.05) is 11.3 Å². The smallest absolute Gasteiger partial charge is 0.335 e. The SMILES string of the molecule is CC1(C)CCC(C)(C)c2cc(C(=O)SCc3ccc(C(=O)O)cc3)ccc21. The van der Waals surface area contributed by atoms with Crippen LogP contribution in [0, 0.1) is 0 Å². The van der Waals surface area contributed by atoms with Crippen LogP contribution in [0.1, 0.15) is 77.9 Å². The van der Waals surface area contributed by atoms with Crippen molar-refractivity contribution in [3.63, 3.8) is 0 Å². The molecule has 3 rings (SSSR count). The van der Waals surface area contributed by atoms with E-state index in [0.29, 0.717) is 5.75 Å². The van der Waals surface area contributed by atoms with E-state index in [4.69, 9.17) is 5.11 Å². The average Bonchev–Trinajstić information content (AvgIpc) is 2.63. The summed E-state index contributed by atoms with van der Waals surface area (Å²) in [5.41, 5.74) is 4.81. The molecule has 0 atom stereocenters. The highest BCUT2D eigenvalue weighted by molar-refractivity contribution is 8.13.